The van der Waals surface area contributed by atoms with Crippen molar-refractivity contribution in [3.8, 4) is 0 Å². The predicted octanol–water partition coefficient (Wildman–Crippen LogP) is -5.60. The molecule has 0 unspecified atom stereocenters. The second-order valence-corrected chi connectivity index (χ2v) is 17.1. The smallest absolute Gasteiger partial charge is 0.326 e. The summed E-state index contributed by atoms with van der Waals surface area (Å²) < 4.78 is 0. The van der Waals surface area contributed by atoms with E-state index in [0.717, 1.165) is 9.80 Å². The van der Waals surface area contributed by atoms with Crippen LogP contribution in [0.4, 0.5) is 0 Å². The Morgan fingerprint density at radius 1 is 0.704 bits per heavy atom. The van der Waals surface area contributed by atoms with Crippen LogP contribution in [0.3, 0.4) is 0 Å². The number of carboxylic acid groups (broad SMARTS) is 2. The van der Waals surface area contributed by atoms with E-state index in [0.29, 0.717) is 16.5 Å². The normalized spacial score (nSPS) is 17.9. The first kappa shape index (κ1) is 55.7. The number of nitrogens with one attached hydrogen (secondary N) is 8. The molecule has 2 saturated heterocycles. The first-order chi connectivity index (χ1) is 33.6. The fraction of sp³-hybridized carbons (Fsp3) is 0.535. The third-order valence-electron chi connectivity index (χ3n) is 11.9. The molecule has 8 atom stereocenters. The number of H-pyrrole nitrogens is 1. The summed E-state index contributed by atoms with van der Waals surface area (Å²) in [5.74, 6) is -11.9. The molecule has 3 heterocycles. The van der Waals surface area contributed by atoms with E-state index in [4.69, 9.17) is 28.3 Å². The number of amides is 9. The number of carboxylic acids is 2. The van der Waals surface area contributed by atoms with Crippen LogP contribution in [-0.2, 0) is 59.2 Å². The molecule has 0 radical (unpaired) electrons. The molecule has 19 N–H and O–H groups in total. The lowest BCUT2D eigenvalue weighted by Crippen LogP contribution is -2.60. The summed E-state index contributed by atoms with van der Waals surface area (Å²) in [6.07, 6.45) is -0.596. The number of nitrogens with two attached hydrogens (primary N) is 4. The molecule has 1 aromatic heterocycles. The van der Waals surface area contributed by atoms with Crippen LogP contribution in [0, 0.1) is 5.41 Å². The van der Waals surface area contributed by atoms with Crippen LogP contribution in [0.15, 0.2) is 30.5 Å². The van der Waals surface area contributed by atoms with E-state index >= 15 is 0 Å². The average Bonchev–Trinajstić information content (AvgIpc) is 4.10. The van der Waals surface area contributed by atoms with Crippen LogP contribution in [0.25, 0.3) is 10.9 Å². The maximum atomic E-state index is 14.3. The highest BCUT2D eigenvalue weighted by Crippen LogP contribution is 2.23. The van der Waals surface area contributed by atoms with Gasteiger partial charge < -0.3 is 84.9 Å². The van der Waals surface area contributed by atoms with Gasteiger partial charge in [-0.05, 0) is 56.6 Å². The molecule has 2 aliphatic heterocycles. The van der Waals surface area contributed by atoms with Crippen molar-refractivity contribution >= 4 is 82.0 Å². The molecule has 28 heteroatoms. The van der Waals surface area contributed by atoms with Gasteiger partial charge >= 0.3 is 11.9 Å². The van der Waals surface area contributed by atoms with Gasteiger partial charge in [-0.2, -0.15) is 0 Å². The molecule has 0 saturated carbocycles. The minimum absolute atomic E-state index is 0.0179. The Morgan fingerprint density at radius 3 is 1.79 bits per heavy atom. The van der Waals surface area contributed by atoms with Gasteiger partial charge in [0.05, 0.1) is 19.4 Å². The average molecular weight is 999 g/mol. The lowest BCUT2D eigenvalue weighted by atomic mass is 10.0. The van der Waals surface area contributed by atoms with Gasteiger partial charge in [0.15, 0.2) is 5.96 Å². The van der Waals surface area contributed by atoms with Gasteiger partial charge in [0.1, 0.15) is 48.3 Å². The SMILES string of the molecule is N=C(N)NCCC[C@H](NC(=O)[C@@H]1CCCN1C(=O)[C@H](CC(N)=O)NC(=O)[C@H](Cc1c[nH]c2ccccc12)NC(=O)[C@@H](N)CO)C(=O)N[C@@H](CC(=O)O)C(=O)N1CCC[C@H]1C(=O)N[C@@H](CCC(N)=O)C(=O)O. The van der Waals surface area contributed by atoms with Crippen molar-refractivity contribution in [3.05, 3.63) is 36.0 Å². The summed E-state index contributed by atoms with van der Waals surface area (Å²) in [5, 5.41) is 51.7. The van der Waals surface area contributed by atoms with E-state index in [-0.39, 0.29) is 77.4 Å². The lowest BCUT2D eigenvalue weighted by Gasteiger charge is -2.31. The molecule has 9 amide bonds. The zero-order chi connectivity index (χ0) is 52.5. The fourth-order valence-corrected chi connectivity index (χ4v) is 8.30. The number of fused-ring (bicyclic) bond motifs is 1. The van der Waals surface area contributed by atoms with Crippen molar-refractivity contribution in [2.75, 3.05) is 26.2 Å². The molecule has 1 aromatic carbocycles. The van der Waals surface area contributed by atoms with E-state index in [1.54, 1.807) is 30.5 Å². The molecular formula is C43H62N14O14. The summed E-state index contributed by atoms with van der Waals surface area (Å²) in [7, 11) is 0. The van der Waals surface area contributed by atoms with Crippen molar-refractivity contribution in [1.82, 2.24) is 46.7 Å². The van der Waals surface area contributed by atoms with Gasteiger partial charge in [0.2, 0.25) is 53.2 Å². The summed E-state index contributed by atoms with van der Waals surface area (Å²) in [5.41, 5.74) is 23.1. The van der Waals surface area contributed by atoms with Crippen molar-refractivity contribution in [3.63, 3.8) is 0 Å². The number of guanidine groups is 1. The number of hydrogen-bond acceptors (Lipinski definition) is 14. The second-order valence-electron chi connectivity index (χ2n) is 17.1. The van der Waals surface area contributed by atoms with Gasteiger partial charge in [-0.3, -0.25) is 53.4 Å². The predicted molar refractivity (Wildman–Crippen MR) is 247 cm³/mol. The number of hydrogen-bond donors (Lipinski definition) is 15. The Morgan fingerprint density at radius 2 is 1.25 bits per heavy atom. The number of aliphatic carboxylic acids is 2. The molecule has 0 aliphatic carbocycles. The van der Waals surface area contributed by atoms with E-state index in [9.17, 15) is 68.1 Å². The van der Waals surface area contributed by atoms with Crippen LogP contribution < -0.4 is 54.8 Å². The first-order valence-corrected chi connectivity index (χ1v) is 22.7. The molecule has 2 aromatic rings. The highest BCUT2D eigenvalue weighted by atomic mass is 16.4. The Balaban J connectivity index is 1.55. The number of aromatic nitrogens is 1. The topological polar surface area (TPSA) is 471 Å². The zero-order valence-corrected chi connectivity index (χ0v) is 38.6. The van der Waals surface area contributed by atoms with Crippen LogP contribution in [-0.4, -0.2) is 176 Å². The van der Waals surface area contributed by atoms with E-state index in [1.165, 1.54) is 0 Å². The zero-order valence-electron chi connectivity index (χ0n) is 38.6. The number of carbonyl (C=O) groups is 11. The van der Waals surface area contributed by atoms with Gasteiger partial charge in [-0.15, -0.1) is 0 Å². The number of aliphatic hydroxyl groups excluding tert-OH is 1. The maximum absolute atomic E-state index is 14.3. The highest BCUT2D eigenvalue weighted by molar-refractivity contribution is 6.00. The van der Waals surface area contributed by atoms with Gasteiger partial charge in [-0.1, -0.05) is 18.2 Å². The van der Waals surface area contributed by atoms with E-state index in [1.807, 2.05) is 0 Å². The summed E-state index contributed by atoms with van der Waals surface area (Å²) in [6.45, 7) is -0.893. The quantitative estimate of drug-likeness (QED) is 0.0225. The molecule has 388 valence electrons. The summed E-state index contributed by atoms with van der Waals surface area (Å²) in [6, 6.07) is -4.92. The number of aromatic amines is 1. The van der Waals surface area contributed by atoms with Crippen molar-refractivity contribution in [2.24, 2.45) is 22.9 Å². The van der Waals surface area contributed by atoms with Crippen molar-refractivity contribution in [2.45, 2.75) is 119 Å². The number of primary amides is 2. The van der Waals surface area contributed by atoms with Crippen LogP contribution in [0.1, 0.15) is 69.8 Å². The van der Waals surface area contributed by atoms with Crippen molar-refractivity contribution < 1.29 is 68.1 Å². The summed E-state index contributed by atoms with van der Waals surface area (Å²) >= 11 is 0. The molecule has 0 bridgehead atoms. The van der Waals surface area contributed by atoms with Crippen LogP contribution >= 0.6 is 0 Å². The molecule has 28 nitrogen and oxygen atoms in total. The highest BCUT2D eigenvalue weighted by Gasteiger charge is 2.43. The fourth-order valence-electron chi connectivity index (χ4n) is 8.30. The monoisotopic (exact) mass is 998 g/mol. The molecule has 71 heavy (non-hydrogen) atoms. The molecule has 4 rings (SSSR count). The minimum Gasteiger partial charge on any atom is -0.481 e. The Kier molecular flexibility index (Phi) is 20.6. The Hall–Kier alpha value is -7.88. The molecule has 2 fully saturated rings. The van der Waals surface area contributed by atoms with Gasteiger partial charge in [-0.25, -0.2) is 4.79 Å². The second kappa shape index (κ2) is 26.2. The molecule has 2 aliphatic rings. The number of aliphatic hydroxyl groups is 1. The number of rotatable bonds is 27. The maximum Gasteiger partial charge on any atom is 0.326 e. The van der Waals surface area contributed by atoms with E-state index in [2.05, 4.69) is 36.9 Å². The summed E-state index contributed by atoms with van der Waals surface area (Å²) in [4.78, 5) is 149. The first-order valence-electron chi connectivity index (χ1n) is 22.7. The number of carbonyl (C=O) groups excluding carboxylic acids is 9. The Bertz CT molecular complexity index is 2340. The number of para-hydroxylation sites is 1. The third kappa shape index (κ3) is 16.1. The number of benzene rings is 1. The number of likely N-dealkylation sites (tertiary alicyclic amines) is 2. The van der Waals surface area contributed by atoms with Crippen molar-refractivity contribution in [1.29, 1.82) is 5.41 Å². The minimum atomic E-state index is -1.82. The lowest BCUT2D eigenvalue weighted by molar-refractivity contribution is -0.147. The largest absolute Gasteiger partial charge is 0.481 e. The standard InChI is InChI=1S/C43H62N14O14/c44-23(20-58)35(63)53-27(16-21-19-50-24-7-2-1-6-22(21)24)37(65)54-28(17-33(46)60)40(68)56-14-4-9-30(56)38(66)51-25(8-3-13-49-43(47)48)36(64)55-29(18-34(61)62)41(69)57-15-5-10-31(57)39(67)52-26(42(70)71)11-12-32(45)59/h1-2,6-7,19,23,25-31,50,58H,3-5,8-18,20,44H2,(H2,45,59)(H2,46,60)(H,51,66)(H,52,67)(H,53,63)(H,54,65)(H,55,64)(H,61,62)(H,70,71)(H4,47,48,49)/t23-,25-,26-,27-,28-,29-,30-,31-/m0/s1. The van der Waals surface area contributed by atoms with Crippen LogP contribution in [0.5, 0.6) is 0 Å². The third-order valence-corrected chi connectivity index (χ3v) is 11.9. The van der Waals surface area contributed by atoms with Crippen LogP contribution in [0.2, 0.25) is 0 Å². The van der Waals surface area contributed by atoms with Gasteiger partial charge in [0.25, 0.3) is 0 Å². The number of nitrogens with zero attached hydrogens (tertiary/aromatic N) is 2. The van der Waals surface area contributed by atoms with Gasteiger partial charge in [0, 0.05) is 49.6 Å². The Labute approximate surface area is 405 Å². The molecular weight excluding hydrogens is 937 g/mol. The van der Waals surface area contributed by atoms with E-state index < -0.39 is 139 Å². The molecule has 0 spiro atoms.